The van der Waals surface area contributed by atoms with Gasteiger partial charge in [-0.1, -0.05) is 58.0 Å². The molecule has 3 rings (SSSR count). The van der Waals surface area contributed by atoms with E-state index >= 15 is 0 Å². The predicted molar refractivity (Wildman–Crippen MR) is 109 cm³/mol. The number of allylic oxidation sites excluding steroid dienone is 1. The van der Waals surface area contributed by atoms with E-state index in [1.165, 1.54) is 34.5 Å². The van der Waals surface area contributed by atoms with E-state index in [9.17, 15) is 0 Å². The number of fused-ring (bicyclic) bond motifs is 1. The Bertz CT molecular complexity index is 790. The molecule has 0 aliphatic heterocycles. The van der Waals surface area contributed by atoms with Gasteiger partial charge in [0.25, 0.3) is 0 Å². The second-order valence-corrected chi connectivity index (χ2v) is 9.06. The van der Waals surface area contributed by atoms with Crippen LogP contribution in [0.2, 0.25) is 5.02 Å². The lowest BCUT2D eigenvalue weighted by molar-refractivity contribution is 0.310. The Morgan fingerprint density at radius 2 is 1.88 bits per heavy atom. The first-order valence-electron chi connectivity index (χ1n) is 9.34. The number of hydrogen-bond donors (Lipinski definition) is 0. The molecule has 0 saturated heterocycles. The van der Waals surface area contributed by atoms with Gasteiger partial charge in [0.15, 0.2) is 0 Å². The largest absolute Gasteiger partial charge is 0.344 e. The Hall–Kier alpha value is -1.47. The average Bonchev–Trinajstić information content (AvgIpc) is 2.79. The molecular weight excluding hydrogens is 326 g/mol. The molecule has 0 bridgehead atoms. The Morgan fingerprint density at radius 1 is 1.24 bits per heavy atom. The van der Waals surface area contributed by atoms with Gasteiger partial charge in [-0.3, -0.25) is 0 Å². The molecule has 2 aromatic rings. The van der Waals surface area contributed by atoms with Crippen LogP contribution >= 0.6 is 11.6 Å². The molecular formula is C23H30ClN. The van der Waals surface area contributed by atoms with Crippen LogP contribution in [0.25, 0.3) is 5.57 Å². The molecule has 0 fully saturated rings. The molecule has 1 nitrogen and oxygen atoms in total. The highest BCUT2D eigenvalue weighted by Gasteiger charge is 2.32. The Labute approximate surface area is 157 Å². The van der Waals surface area contributed by atoms with Crippen molar-refractivity contribution >= 4 is 17.2 Å². The zero-order valence-corrected chi connectivity index (χ0v) is 17.0. The van der Waals surface area contributed by atoms with E-state index in [4.69, 9.17) is 11.6 Å². The third-order valence-electron chi connectivity index (χ3n) is 5.71. The van der Waals surface area contributed by atoms with E-state index in [-0.39, 0.29) is 0 Å². The summed E-state index contributed by atoms with van der Waals surface area (Å²) in [6.45, 7) is 16.9. The SMILES string of the molecule is C=C(c1c2c(n(Cc3ccc(Cl)cc3)c1C)CCC(C)(C)C2)C(C)C. The molecule has 0 amide bonds. The van der Waals surface area contributed by atoms with Crippen LogP contribution in [0.5, 0.6) is 0 Å². The van der Waals surface area contributed by atoms with Crippen LogP contribution in [0.1, 0.15) is 62.2 Å². The van der Waals surface area contributed by atoms with Gasteiger partial charge in [-0.05, 0) is 66.4 Å². The summed E-state index contributed by atoms with van der Waals surface area (Å²) in [5.74, 6) is 0.472. The van der Waals surface area contributed by atoms with Gasteiger partial charge in [0, 0.05) is 28.5 Å². The second-order valence-electron chi connectivity index (χ2n) is 8.62. The third kappa shape index (κ3) is 3.58. The Balaban J connectivity index is 2.10. The highest BCUT2D eigenvalue weighted by molar-refractivity contribution is 6.30. The van der Waals surface area contributed by atoms with Crippen molar-refractivity contribution in [3.63, 3.8) is 0 Å². The fourth-order valence-corrected chi connectivity index (χ4v) is 4.19. The molecule has 2 heteroatoms. The lowest BCUT2D eigenvalue weighted by Crippen LogP contribution is -2.23. The van der Waals surface area contributed by atoms with Crippen molar-refractivity contribution in [3.8, 4) is 0 Å². The van der Waals surface area contributed by atoms with Gasteiger partial charge >= 0.3 is 0 Å². The molecule has 0 N–H and O–H groups in total. The van der Waals surface area contributed by atoms with Crippen molar-refractivity contribution in [3.05, 3.63) is 63.9 Å². The number of rotatable bonds is 4. The van der Waals surface area contributed by atoms with Gasteiger partial charge in [0.1, 0.15) is 0 Å². The molecule has 0 atom stereocenters. The van der Waals surface area contributed by atoms with Crippen LogP contribution in [0.4, 0.5) is 0 Å². The Kier molecular flexibility index (Phi) is 4.90. The van der Waals surface area contributed by atoms with Crippen LogP contribution in [0, 0.1) is 18.3 Å². The normalized spacial score (nSPS) is 16.1. The van der Waals surface area contributed by atoms with Crippen LogP contribution in [0.15, 0.2) is 30.8 Å². The fourth-order valence-electron chi connectivity index (χ4n) is 4.06. The minimum absolute atomic E-state index is 0.373. The summed E-state index contributed by atoms with van der Waals surface area (Å²) < 4.78 is 2.52. The first-order valence-corrected chi connectivity index (χ1v) is 9.72. The molecule has 1 aromatic heterocycles. The maximum Gasteiger partial charge on any atom is 0.0475 e. The zero-order valence-electron chi connectivity index (χ0n) is 16.2. The van der Waals surface area contributed by atoms with E-state index in [0.29, 0.717) is 11.3 Å². The average molecular weight is 356 g/mol. The highest BCUT2D eigenvalue weighted by Crippen LogP contribution is 2.42. The van der Waals surface area contributed by atoms with Crippen molar-refractivity contribution in [2.24, 2.45) is 11.3 Å². The summed E-state index contributed by atoms with van der Waals surface area (Å²) >= 11 is 6.05. The second kappa shape index (κ2) is 6.68. The van der Waals surface area contributed by atoms with E-state index in [0.717, 1.165) is 24.4 Å². The number of halogens is 1. The monoisotopic (exact) mass is 355 g/mol. The van der Waals surface area contributed by atoms with Gasteiger partial charge < -0.3 is 4.57 Å². The molecule has 0 saturated carbocycles. The van der Waals surface area contributed by atoms with E-state index in [2.05, 4.69) is 57.9 Å². The molecule has 25 heavy (non-hydrogen) atoms. The van der Waals surface area contributed by atoms with Crippen LogP contribution in [-0.4, -0.2) is 4.57 Å². The maximum absolute atomic E-state index is 6.05. The van der Waals surface area contributed by atoms with E-state index in [1.807, 2.05) is 12.1 Å². The van der Waals surface area contributed by atoms with Gasteiger partial charge in [-0.25, -0.2) is 0 Å². The zero-order chi connectivity index (χ0) is 18.4. The summed E-state index contributed by atoms with van der Waals surface area (Å²) in [5, 5.41) is 0.797. The summed E-state index contributed by atoms with van der Waals surface area (Å²) in [7, 11) is 0. The van der Waals surface area contributed by atoms with Crippen molar-refractivity contribution in [2.75, 3.05) is 0 Å². The van der Waals surface area contributed by atoms with Crippen LogP contribution in [-0.2, 0) is 19.4 Å². The van der Waals surface area contributed by atoms with Crippen molar-refractivity contribution in [1.82, 2.24) is 4.57 Å². The molecule has 1 aliphatic rings. The molecule has 0 radical (unpaired) electrons. The first kappa shape index (κ1) is 18.3. The lowest BCUT2D eigenvalue weighted by atomic mass is 9.74. The van der Waals surface area contributed by atoms with Crippen molar-refractivity contribution < 1.29 is 0 Å². The van der Waals surface area contributed by atoms with Gasteiger partial charge in [0.05, 0.1) is 0 Å². The number of aromatic nitrogens is 1. The van der Waals surface area contributed by atoms with Gasteiger partial charge in [-0.15, -0.1) is 0 Å². The molecule has 1 heterocycles. The summed E-state index contributed by atoms with van der Waals surface area (Å²) in [4.78, 5) is 0. The van der Waals surface area contributed by atoms with Crippen LogP contribution < -0.4 is 0 Å². The van der Waals surface area contributed by atoms with E-state index in [1.54, 1.807) is 5.56 Å². The fraction of sp³-hybridized carbons (Fsp3) is 0.478. The summed E-state index contributed by atoms with van der Waals surface area (Å²) in [6.07, 6.45) is 3.55. The summed E-state index contributed by atoms with van der Waals surface area (Å²) in [5.41, 5.74) is 8.81. The lowest BCUT2D eigenvalue weighted by Gasteiger charge is -2.31. The standard InChI is InChI=1S/C23H30ClN/c1-15(2)16(3)22-17(4)25(14-18-7-9-19(24)10-8-18)21-11-12-23(5,6)13-20(21)22/h7-10,15H,3,11-14H2,1-2,4-6H3. The van der Waals surface area contributed by atoms with Crippen molar-refractivity contribution in [2.45, 2.75) is 60.4 Å². The topological polar surface area (TPSA) is 4.93 Å². The third-order valence-corrected chi connectivity index (χ3v) is 5.96. The van der Waals surface area contributed by atoms with Gasteiger partial charge in [-0.2, -0.15) is 0 Å². The van der Waals surface area contributed by atoms with Crippen molar-refractivity contribution in [1.29, 1.82) is 0 Å². The summed E-state index contributed by atoms with van der Waals surface area (Å²) in [6, 6.07) is 8.24. The Morgan fingerprint density at radius 3 is 2.48 bits per heavy atom. The first-order chi connectivity index (χ1) is 11.7. The molecule has 0 spiro atoms. The minimum Gasteiger partial charge on any atom is -0.344 e. The number of nitrogens with zero attached hydrogens (tertiary/aromatic N) is 1. The minimum atomic E-state index is 0.373. The quantitative estimate of drug-likeness (QED) is 0.576. The highest BCUT2D eigenvalue weighted by atomic mass is 35.5. The molecule has 0 unspecified atom stereocenters. The number of benzene rings is 1. The molecule has 1 aliphatic carbocycles. The van der Waals surface area contributed by atoms with Gasteiger partial charge in [0.2, 0.25) is 0 Å². The van der Waals surface area contributed by atoms with Crippen LogP contribution in [0.3, 0.4) is 0 Å². The predicted octanol–water partition coefficient (Wildman–Crippen LogP) is 6.68. The molecule has 1 aromatic carbocycles. The smallest absolute Gasteiger partial charge is 0.0475 e. The number of hydrogen-bond acceptors (Lipinski definition) is 0. The van der Waals surface area contributed by atoms with E-state index < -0.39 is 0 Å². The molecule has 134 valence electrons. The maximum atomic E-state index is 6.05.